The Kier molecular flexibility index (Phi) is 4.55. The molecule has 0 aromatic heterocycles. The predicted molar refractivity (Wildman–Crippen MR) is 55.2 cm³/mol. The Hall–Kier alpha value is -1.10. The van der Waals surface area contributed by atoms with Crippen LogP contribution in [0.4, 0.5) is 0 Å². The monoisotopic (exact) mass is 214 g/mol. The van der Waals surface area contributed by atoms with Gasteiger partial charge >= 0.3 is 5.97 Å². The van der Waals surface area contributed by atoms with Gasteiger partial charge in [-0.05, 0) is 20.0 Å². The number of esters is 1. The van der Waals surface area contributed by atoms with E-state index in [4.69, 9.17) is 0 Å². The molecule has 1 rings (SSSR count). The summed E-state index contributed by atoms with van der Waals surface area (Å²) in [5.74, 6) is -0.488. The van der Waals surface area contributed by atoms with Gasteiger partial charge in [-0.15, -0.1) is 0 Å². The maximum Gasteiger partial charge on any atom is 0.310 e. The lowest BCUT2D eigenvalue weighted by atomic mass is 10.1. The van der Waals surface area contributed by atoms with Gasteiger partial charge < -0.3 is 15.0 Å². The third-order valence-electron chi connectivity index (χ3n) is 2.60. The normalized spacial score (nSPS) is 20.8. The van der Waals surface area contributed by atoms with Gasteiger partial charge in [0.05, 0.1) is 13.0 Å². The van der Waals surface area contributed by atoms with Crippen molar-refractivity contribution in [1.82, 2.24) is 10.2 Å². The first kappa shape index (κ1) is 12.0. The number of carbonyl (C=O) groups is 2. The lowest BCUT2D eigenvalue weighted by molar-refractivity contribution is -0.145. The zero-order valence-electron chi connectivity index (χ0n) is 9.28. The number of methoxy groups -OCH3 is 1. The van der Waals surface area contributed by atoms with Crippen molar-refractivity contribution in [2.45, 2.75) is 12.8 Å². The van der Waals surface area contributed by atoms with Crippen LogP contribution in [0.25, 0.3) is 0 Å². The number of hydrogen-bond acceptors (Lipinski definition) is 4. The molecule has 1 aliphatic rings. The van der Waals surface area contributed by atoms with Crippen LogP contribution in [-0.2, 0) is 14.3 Å². The quantitative estimate of drug-likeness (QED) is 0.500. The molecular weight excluding hydrogens is 196 g/mol. The molecule has 1 atom stereocenters. The van der Waals surface area contributed by atoms with E-state index in [1.54, 1.807) is 4.90 Å². The first-order chi connectivity index (χ1) is 7.19. The van der Waals surface area contributed by atoms with Crippen LogP contribution in [0, 0.1) is 5.92 Å². The lowest BCUT2D eigenvalue weighted by Gasteiger charge is -2.15. The molecule has 0 aromatic carbocycles. The van der Waals surface area contributed by atoms with Crippen LogP contribution in [0.1, 0.15) is 12.8 Å². The molecule has 1 heterocycles. The summed E-state index contributed by atoms with van der Waals surface area (Å²) >= 11 is 0. The van der Waals surface area contributed by atoms with Crippen LogP contribution in [0.3, 0.4) is 0 Å². The van der Waals surface area contributed by atoms with Gasteiger partial charge in [-0.25, -0.2) is 0 Å². The number of rotatable bonds is 5. The van der Waals surface area contributed by atoms with E-state index in [9.17, 15) is 9.59 Å². The Morgan fingerprint density at radius 3 is 3.00 bits per heavy atom. The van der Waals surface area contributed by atoms with Gasteiger partial charge in [0, 0.05) is 19.5 Å². The number of hydrogen-bond donors (Lipinski definition) is 1. The SMILES string of the molecule is CNCCCN1CC(C(=O)OC)CC1=O. The van der Waals surface area contributed by atoms with Crippen molar-refractivity contribution in [3.8, 4) is 0 Å². The van der Waals surface area contributed by atoms with Crippen LogP contribution in [-0.4, -0.2) is 50.6 Å². The maximum atomic E-state index is 11.5. The number of ether oxygens (including phenoxy) is 1. The first-order valence-electron chi connectivity index (χ1n) is 5.19. The summed E-state index contributed by atoms with van der Waals surface area (Å²) in [6, 6.07) is 0. The second-order valence-electron chi connectivity index (χ2n) is 3.72. The van der Waals surface area contributed by atoms with Crippen LogP contribution in [0.2, 0.25) is 0 Å². The average molecular weight is 214 g/mol. The average Bonchev–Trinajstić information content (AvgIpc) is 2.60. The van der Waals surface area contributed by atoms with Crippen molar-refractivity contribution in [3.05, 3.63) is 0 Å². The molecule has 1 aliphatic heterocycles. The molecule has 1 N–H and O–H groups in total. The molecule has 0 spiro atoms. The number of carbonyl (C=O) groups excluding carboxylic acids is 2. The van der Waals surface area contributed by atoms with E-state index in [-0.39, 0.29) is 17.8 Å². The molecule has 5 nitrogen and oxygen atoms in total. The van der Waals surface area contributed by atoms with E-state index in [0.29, 0.717) is 19.5 Å². The van der Waals surface area contributed by atoms with Crippen LogP contribution >= 0.6 is 0 Å². The molecular formula is C10H18N2O3. The zero-order valence-corrected chi connectivity index (χ0v) is 9.28. The number of likely N-dealkylation sites (tertiary alicyclic amines) is 1. The smallest absolute Gasteiger partial charge is 0.310 e. The lowest BCUT2D eigenvalue weighted by Crippen LogP contribution is -2.29. The highest BCUT2D eigenvalue weighted by molar-refractivity contribution is 5.86. The molecule has 0 aliphatic carbocycles. The molecule has 0 radical (unpaired) electrons. The van der Waals surface area contributed by atoms with Gasteiger partial charge in [-0.1, -0.05) is 0 Å². The zero-order chi connectivity index (χ0) is 11.3. The van der Waals surface area contributed by atoms with E-state index < -0.39 is 0 Å². The fourth-order valence-corrected chi connectivity index (χ4v) is 1.76. The van der Waals surface area contributed by atoms with Gasteiger partial charge in [0.1, 0.15) is 0 Å². The molecule has 15 heavy (non-hydrogen) atoms. The van der Waals surface area contributed by atoms with Crippen LogP contribution < -0.4 is 5.32 Å². The van der Waals surface area contributed by atoms with E-state index in [1.807, 2.05) is 7.05 Å². The van der Waals surface area contributed by atoms with Crippen molar-refractivity contribution in [1.29, 1.82) is 0 Å². The molecule has 0 aromatic rings. The first-order valence-corrected chi connectivity index (χ1v) is 5.19. The molecule has 1 unspecified atom stereocenters. The maximum absolute atomic E-state index is 11.5. The molecule has 5 heteroatoms. The largest absolute Gasteiger partial charge is 0.469 e. The van der Waals surface area contributed by atoms with E-state index in [2.05, 4.69) is 10.1 Å². The van der Waals surface area contributed by atoms with Crippen LogP contribution in [0.5, 0.6) is 0 Å². The van der Waals surface area contributed by atoms with Crippen molar-refractivity contribution in [3.63, 3.8) is 0 Å². The molecule has 0 bridgehead atoms. The minimum Gasteiger partial charge on any atom is -0.469 e. The third kappa shape index (κ3) is 3.20. The van der Waals surface area contributed by atoms with Gasteiger partial charge in [0.2, 0.25) is 5.91 Å². The number of nitrogens with one attached hydrogen (secondary N) is 1. The highest BCUT2D eigenvalue weighted by Gasteiger charge is 2.34. The van der Waals surface area contributed by atoms with Gasteiger partial charge in [-0.2, -0.15) is 0 Å². The fraction of sp³-hybridized carbons (Fsp3) is 0.800. The Morgan fingerprint density at radius 2 is 2.40 bits per heavy atom. The van der Waals surface area contributed by atoms with Crippen LogP contribution in [0.15, 0.2) is 0 Å². The summed E-state index contributed by atoms with van der Waals surface area (Å²) in [7, 11) is 3.24. The summed E-state index contributed by atoms with van der Waals surface area (Å²) in [5.41, 5.74) is 0. The predicted octanol–water partition coefficient (Wildman–Crippen LogP) is -0.383. The topological polar surface area (TPSA) is 58.6 Å². The van der Waals surface area contributed by atoms with Crippen molar-refractivity contribution in [2.75, 3.05) is 33.8 Å². The van der Waals surface area contributed by atoms with E-state index in [1.165, 1.54) is 7.11 Å². The Morgan fingerprint density at radius 1 is 1.67 bits per heavy atom. The Bertz CT molecular complexity index is 243. The van der Waals surface area contributed by atoms with Crippen molar-refractivity contribution >= 4 is 11.9 Å². The third-order valence-corrected chi connectivity index (χ3v) is 2.60. The van der Waals surface area contributed by atoms with Gasteiger partial charge in [0.15, 0.2) is 0 Å². The highest BCUT2D eigenvalue weighted by Crippen LogP contribution is 2.18. The van der Waals surface area contributed by atoms with E-state index >= 15 is 0 Å². The van der Waals surface area contributed by atoms with Gasteiger partial charge in [-0.3, -0.25) is 9.59 Å². The minimum atomic E-state index is -0.278. The summed E-state index contributed by atoms with van der Waals surface area (Å²) in [6.45, 7) is 2.11. The Labute approximate surface area is 89.8 Å². The van der Waals surface area contributed by atoms with E-state index in [0.717, 1.165) is 13.0 Å². The fourth-order valence-electron chi connectivity index (χ4n) is 1.76. The summed E-state index contributed by atoms with van der Waals surface area (Å²) < 4.78 is 4.63. The minimum absolute atomic E-state index is 0.0569. The second kappa shape index (κ2) is 5.70. The molecule has 0 saturated carbocycles. The summed E-state index contributed by atoms with van der Waals surface area (Å²) in [6.07, 6.45) is 1.21. The summed E-state index contributed by atoms with van der Waals surface area (Å²) in [5, 5.41) is 3.02. The standard InChI is InChI=1S/C10H18N2O3/c1-11-4-3-5-12-7-8(6-9(12)13)10(14)15-2/h8,11H,3-7H2,1-2H3. The van der Waals surface area contributed by atoms with Crippen molar-refractivity contribution in [2.24, 2.45) is 5.92 Å². The summed E-state index contributed by atoms with van der Waals surface area (Å²) in [4.78, 5) is 24.5. The van der Waals surface area contributed by atoms with Crippen molar-refractivity contribution < 1.29 is 14.3 Å². The number of amides is 1. The molecule has 1 saturated heterocycles. The number of nitrogens with zero attached hydrogens (tertiary/aromatic N) is 1. The second-order valence-corrected chi connectivity index (χ2v) is 3.72. The highest BCUT2D eigenvalue weighted by atomic mass is 16.5. The van der Waals surface area contributed by atoms with Gasteiger partial charge in [0.25, 0.3) is 0 Å². The Balaban J connectivity index is 2.35. The molecule has 1 amide bonds. The molecule has 1 fully saturated rings. The molecule has 86 valence electrons.